The number of nitrogens with zero attached hydrogens (tertiary/aromatic N) is 4. The molecule has 0 bridgehead atoms. The molecule has 130 valence electrons. The van der Waals surface area contributed by atoms with Crippen LogP contribution >= 0.6 is 0 Å². The number of aryl methyl sites for hydroxylation is 1. The van der Waals surface area contributed by atoms with Crippen molar-refractivity contribution in [1.29, 1.82) is 0 Å². The van der Waals surface area contributed by atoms with Gasteiger partial charge >= 0.3 is 6.03 Å². The summed E-state index contributed by atoms with van der Waals surface area (Å²) >= 11 is 0. The van der Waals surface area contributed by atoms with Gasteiger partial charge in [0.15, 0.2) is 0 Å². The van der Waals surface area contributed by atoms with Crippen LogP contribution in [0.15, 0.2) is 16.1 Å². The molecule has 9 nitrogen and oxygen atoms in total. The minimum atomic E-state index is -0.400. The third kappa shape index (κ3) is 4.05. The molecule has 0 saturated carbocycles. The van der Waals surface area contributed by atoms with Gasteiger partial charge in [-0.2, -0.15) is 14.8 Å². The number of hydrogen-bond acceptors (Lipinski definition) is 5. The number of nitrogens with one attached hydrogen (secondary N) is 2. The normalized spacial score (nSPS) is 17.3. The molecule has 1 aromatic heterocycles. The van der Waals surface area contributed by atoms with Crippen LogP contribution in [0.1, 0.15) is 26.0 Å². The van der Waals surface area contributed by atoms with Crippen molar-refractivity contribution >= 4 is 29.4 Å². The van der Waals surface area contributed by atoms with E-state index in [1.165, 1.54) is 4.68 Å². The molecular formula is C15H22N6O3. The Bertz CT molecular complexity index is 691. The van der Waals surface area contributed by atoms with E-state index in [1.54, 1.807) is 27.0 Å². The molecule has 0 spiro atoms. The number of amides is 3. The Labute approximate surface area is 140 Å². The number of aliphatic imine (C=N–C) groups is 2. The van der Waals surface area contributed by atoms with Crippen LogP contribution in [0.5, 0.6) is 0 Å². The van der Waals surface area contributed by atoms with Crippen LogP contribution in [0.2, 0.25) is 0 Å². The van der Waals surface area contributed by atoms with Gasteiger partial charge in [-0.15, -0.1) is 0 Å². The lowest BCUT2D eigenvalue weighted by Gasteiger charge is -2.17. The van der Waals surface area contributed by atoms with Gasteiger partial charge in [0.1, 0.15) is 5.82 Å². The van der Waals surface area contributed by atoms with E-state index in [0.29, 0.717) is 36.8 Å². The van der Waals surface area contributed by atoms with Crippen molar-refractivity contribution in [1.82, 2.24) is 15.1 Å². The van der Waals surface area contributed by atoms with Crippen molar-refractivity contribution in [3.05, 3.63) is 11.8 Å². The maximum Gasteiger partial charge on any atom is 0.320 e. The van der Waals surface area contributed by atoms with Crippen molar-refractivity contribution in [3.63, 3.8) is 0 Å². The molecule has 0 aliphatic carbocycles. The second kappa shape index (κ2) is 7.82. The molecule has 1 atom stereocenters. The smallest absolute Gasteiger partial charge is 0.320 e. The van der Waals surface area contributed by atoms with E-state index >= 15 is 0 Å². The predicted octanol–water partition coefficient (Wildman–Crippen LogP) is 1.19. The monoisotopic (exact) mass is 334 g/mol. The number of carbonyl (C=O) groups is 2. The van der Waals surface area contributed by atoms with E-state index in [0.717, 1.165) is 0 Å². The Kier molecular flexibility index (Phi) is 5.80. The molecule has 2 rings (SSSR count). The number of carbonyl (C=O) groups excluding carboxylic acids is 2. The molecule has 2 N–H and O–H groups in total. The van der Waals surface area contributed by atoms with Gasteiger partial charge in [-0.1, -0.05) is 6.92 Å². The number of urea groups is 1. The van der Waals surface area contributed by atoms with Gasteiger partial charge in [-0.25, -0.2) is 9.79 Å². The number of hydrogen-bond donors (Lipinski definition) is 2. The van der Waals surface area contributed by atoms with Crippen LogP contribution in [-0.2, 0) is 9.53 Å². The van der Waals surface area contributed by atoms with Crippen LogP contribution in [-0.4, -0.2) is 53.7 Å². The fourth-order valence-corrected chi connectivity index (χ4v) is 2.35. The van der Waals surface area contributed by atoms with Gasteiger partial charge in [0.25, 0.3) is 11.9 Å². The average Bonchev–Trinajstić information content (AvgIpc) is 2.87. The Hall–Kier alpha value is -2.55. The van der Waals surface area contributed by atoms with Gasteiger partial charge < -0.3 is 10.1 Å². The number of rotatable bonds is 5. The summed E-state index contributed by atoms with van der Waals surface area (Å²) in [5, 5.41) is 9.59. The van der Waals surface area contributed by atoms with Crippen molar-refractivity contribution in [2.45, 2.75) is 27.2 Å². The third-order valence-corrected chi connectivity index (χ3v) is 3.55. The van der Waals surface area contributed by atoms with Crippen LogP contribution in [0.25, 0.3) is 0 Å². The quantitative estimate of drug-likeness (QED) is 0.788. The summed E-state index contributed by atoms with van der Waals surface area (Å²) in [7, 11) is 1.56. The summed E-state index contributed by atoms with van der Waals surface area (Å²) in [6.45, 7) is 6.28. The predicted molar refractivity (Wildman–Crippen MR) is 90.6 cm³/mol. The number of aromatic nitrogens is 2. The maximum atomic E-state index is 12.1. The van der Waals surface area contributed by atoms with Gasteiger partial charge in [-0.05, 0) is 20.3 Å². The zero-order valence-corrected chi connectivity index (χ0v) is 14.3. The highest BCUT2D eigenvalue weighted by Crippen LogP contribution is 2.17. The topological polar surface area (TPSA) is 110 Å². The molecule has 1 aromatic rings. The lowest BCUT2D eigenvalue weighted by atomic mass is 10.00. The summed E-state index contributed by atoms with van der Waals surface area (Å²) < 4.78 is 6.23. The molecule has 9 heteroatoms. The lowest BCUT2D eigenvalue weighted by molar-refractivity contribution is -0.119. The largest absolute Gasteiger partial charge is 0.383 e. The van der Waals surface area contributed by atoms with Gasteiger partial charge in [0.05, 0.1) is 18.2 Å². The van der Waals surface area contributed by atoms with Gasteiger partial charge in [0.2, 0.25) is 0 Å². The van der Waals surface area contributed by atoms with Crippen molar-refractivity contribution < 1.29 is 14.3 Å². The van der Waals surface area contributed by atoms with Gasteiger partial charge in [-0.3, -0.25) is 10.1 Å². The number of anilines is 1. The molecular weight excluding hydrogens is 312 g/mol. The number of methoxy groups -OCH3 is 1. The summed E-state index contributed by atoms with van der Waals surface area (Å²) in [5.74, 6) is 0.00534. The maximum absolute atomic E-state index is 12.1. The number of ether oxygens (including phenoxy) is 1. The first-order valence-electron chi connectivity index (χ1n) is 7.74. The SMILES string of the molecule is CCC1C(=O)N=C(n2nc(C)cc2NC(=O)NCCOC)N=C1C. The minimum absolute atomic E-state index is 0.155. The van der Waals surface area contributed by atoms with Crippen LogP contribution < -0.4 is 10.6 Å². The van der Waals surface area contributed by atoms with E-state index in [4.69, 9.17) is 4.74 Å². The molecule has 24 heavy (non-hydrogen) atoms. The first-order valence-corrected chi connectivity index (χ1v) is 7.74. The first kappa shape index (κ1) is 17.8. The Morgan fingerprint density at radius 2 is 2.12 bits per heavy atom. The molecule has 0 aromatic carbocycles. The van der Waals surface area contributed by atoms with Crippen molar-refractivity contribution in [2.24, 2.45) is 15.9 Å². The molecule has 1 aliphatic rings. The molecule has 0 fully saturated rings. The Balaban J connectivity index is 2.20. The molecule has 1 aliphatic heterocycles. The van der Waals surface area contributed by atoms with Gasteiger partial charge in [0, 0.05) is 25.4 Å². The van der Waals surface area contributed by atoms with Crippen molar-refractivity contribution in [2.75, 3.05) is 25.6 Å². The molecule has 0 saturated heterocycles. The highest BCUT2D eigenvalue weighted by molar-refractivity contribution is 6.15. The second-order valence-corrected chi connectivity index (χ2v) is 5.42. The Morgan fingerprint density at radius 3 is 2.75 bits per heavy atom. The highest BCUT2D eigenvalue weighted by Gasteiger charge is 2.26. The summed E-state index contributed by atoms with van der Waals surface area (Å²) in [6, 6.07) is 1.28. The van der Waals surface area contributed by atoms with E-state index in [1.807, 2.05) is 6.92 Å². The highest BCUT2D eigenvalue weighted by atomic mass is 16.5. The molecule has 1 unspecified atom stereocenters. The zero-order chi connectivity index (χ0) is 17.7. The molecule has 2 heterocycles. The van der Waals surface area contributed by atoms with Crippen LogP contribution in [0.3, 0.4) is 0 Å². The second-order valence-electron chi connectivity index (χ2n) is 5.42. The fraction of sp³-hybridized carbons (Fsp3) is 0.533. The van der Waals surface area contributed by atoms with Crippen LogP contribution in [0, 0.1) is 12.8 Å². The van der Waals surface area contributed by atoms with Crippen molar-refractivity contribution in [3.8, 4) is 0 Å². The minimum Gasteiger partial charge on any atom is -0.383 e. The summed E-state index contributed by atoms with van der Waals surface area (Å²) in [6.07, 6.45) is 0.649. The zero-order valence-electron chi connectivity index (χ0n) is 14.3. The Morgan fingerprint density at radius 1 is 1.38 bits per heavy atom. The molecule has 3 amide bonds. The van der Waals surface area contributed by atoms with E-state index in [9.17, 15) is 9.59 Å². The summed E-state index contributed by atoms with van der Waals surface area (Å²) in [5.41, 5.74) is 1.36. The van der Waals surface area contributed by atoms with E-state index in [2.05, 4.69) is 25.7 Å². The van der Waals surface area contributed by atoms with E-state index in [-0.39, 0.29) is 17.8 Å². The average molecular weight is 334 g/mol. The fourth-order valence-electron chi connectivity index (χ4n) is 2.35. The lowest BCUT2D eigenvalue weighted by Crippen LogP contribution is -2.34. The first-order chi connectivity index (χ1) is 11.5. The van der Waals surface area contributed by atoms with Crippen LogP contribution in [0.4, 0.5) is 10.6 Å². The van der Waals surface area contributed by atoms with E-state index < -0.39 is 6.03 Å². The standard InChI is InChI=1S/C15H22N6O3/c1-5-11-10(3)17-14(19-13(11)22)21-12(8-9(2)20-21)18-15(23)16-6-7-24-4/h8,11H,5-7H2,1-4H3,(H2,16,18,23). The third-order valence-electron chi connectivity index (χ3n) is 3.55. The summed E-state index contributed by atoms with van der Waals surface area (Å²) in [4.78, 5) is 32.4. The molecule has 0 radical (unpaired) electrons.